The van der Waals surface area contributed by atoms with Gasteiger partial charge in [0.25, 0.3) is 10.0 Å². The van der Waals surface area contributed by atoms with Crippen LogP contribution >= 0.6 is 19.7 Å². The Labute approximate surface area is 224 Å². The topological polar surface area (TPSA) is 74.6 Å². The number of nitrogens with zero attached hydrogens (tertiary/aromatic N) is 1. The number of aromatic nitrogens is 1. The van der Waals surface area contributed by atoms with Crippen molar-refractivity contribution in [2.75, 3.05) is 13.2 Å². The molecule has 0 spiro atoms. The summed E-state index contributed by atoms with van der Waals surface area (Å²) >= 11 is 6.41. The second-order valence-corrected chi connectivity index (χ2v) is 12.7. The van der Waals surface area contributed by atoms with Crippen molar-refractivity contribution in [3.05, 3.63) is 89.1 Å². The highest BCUT2D eigenvalue weighted by Gasteiger charge is 2.36. The molecular weight excluding hydrogens is 529 g/mol. The van der Waals surface area contributed by atoms with Crippen LogP contribution in [0.3, 0.4) is 0 Å². The average molecular weight is 558 g/mol. The molecule has 1 atom stereocenters. The zero-order valence-electron chi connectivity index (χ0n) is 21.1. The Morgan fingerprint density at radius 3 is 2.35 bits per heavy atom. The van der Waals surface area contributed by atoms with Crippen LogP contribution in [0.15, 0.2) is 77.7 Å². The fourth-order valence-corrected chi connectivity index (χ4v) is 8.00. The second kappa shape index (κ2) is 11.4. The third-order valence-electron chi connectivity index (χ3n) is 5.84. The van der Waals surface area contributed by atoms with Gasteiger partial charge >= 0.3 is 5.97 Å². The van der Waals surface area contributed by atoms with Crippen LogP contribution in [-0.4, -0.2) is 31.6 Å². The Balaban J connectivity index is 2.14. The van der Waals surface area contributed by atoms with Crippen LogP contribution < -0.4 is 10.6 Å². The SMILES string of the molecule is CCOC(=O)c1c(P(OCC)c2cccc(C(C)C)c2)c2cc(Cl)ccc2n1S(=O)(=O)c1ccccc1. The van der Waals surface area contributed by atoms with Crippen molar-refractivity contribution in [3.63, 3.8) is 0 Å². The van der Waals surface area contributed by atoms with Crippen LogP contribution in [0.4, 0.5) is 0 Å². The van der Waals surface area contributed by atoms with Crippen LogP contribution in [0, 0.1) is 0 Å². The maximum Gasteiger partial charge on any atom is 0.356 e. The molecule has 1 aromatic heterocycles. The Hall–Kier alpha value is -2.70. The van der Waals surface area contributed by atoms with E-state index in [1.165, 1.54) is 12.1 Å². The number of ether oxygens (including phenoxy) is 1. The van der Waals surface area contributed by atoms with Crippen LogP contribution in [-0.2, 0) is 19.3 Å². The van der Waals surface area contributed by atoms with Crippen LogP contribution in [0.25, 0.3) is 10.9 Å². The standard InChI is InChI=1S/C28H29ClNO5PS/c1-5-34-28(31)26-27(36(35-6-2)22-12-10-11-20(17-22)19(3)4)24-18-21(29)15-16-25(24)30(26)37(32,33)23-13-8-7-9-14-23/h7-19H,5-6H2,1-4H3. The molecule has 0 saturated heterocycles. The third-order valence-corrected chi connectivity index (χ3v) is 9.93. The van der Waals surface area contributed by atoms with Crippen molar-refractivity contribution in [2.24, 2.45) is 0 Å². The summed E-state index contributed by atoms with van der Waals surface area (Å²) in [5.74, 6) is -0.464. The minimum Gasteiger partial charge on any atom is -0.461 e. The highest BCUT2D eigenvalue weighted by molar-refractivity contribution is 7.90. The van der Waals surface area contributed by atoms with Crippen LogP contribution in [0.1, 0.15) is 49.7 Å². The van der Waals surface area contributed by atoms with E-state index in [2.05, 4.69) is 19.9 Å². The molecule has 3 aromatic carbocycles. The average Bonchev–Trinajstić information content (AvgIpc) is 3.23. The molecule has 0 aliphatic rings. The molecule has 6 nitrogen and oxygen atoms in total. The van der Waals surface area contributed by atoms with Gasteiger partial charge in [0, 0.05) is 27.6 Å². The van der Waals surface area contributed by atoms with Crippen molar-refractivity contribution in [2.45, 2.75) is 38.5 Å². The Morgan fingerprint density at radius 1 is 0.973 bits per heavy atom. The molecule has 194 valence electrons. The molecule has 4 aromatic rings. The number of hydrogen-bond acceptors (Lipinski definition) is 5. The largest absolute Gasteiger partial charge is 0.461 e. The molecule has 0 saturated carbocycles. The minimum atomic E-state index is -4.18. The Bertz CT molecular complexity index is 1530. The van der Waals surface area contributed by atoms with E-state index >= 15 is 0 Å². The van der Waals surface area contributed by atoms with E-state index in [1.807, 2.05) is 25.1 Å². The molecule has 0 fully saturated rings. The smallest absolute Gasteiger partial charge is 0.356 e. The lowest BCUT2D eigenvalue weighted by Crippen LogP contribution is -2.26. The van der Waals surface area contributed by atoms with Gasteiger partial charge < -0.3 is 9.26 Å². The van der Waals surface area contributed by atoms with E-state index < -0.39 is 24.1 Å². The predicted octanol–water partition coefficient (Wildman–Crippen LogP) is 6.22. The fourth-order valence-electron chi connectivity index (χ4n) is 4.16. The number of rotatable bonds is 9. The maximum absolute atomic E-state index is 14.0. The summed E-state index contributed by atoms with van der Waals surface area (Å²) in [4.78, 5) is 13.6. The third kappa shape index (κ3) is 5.32. The number of halogens is 1. The highest BCUT2D eigenvalue weighted by Crippen LogP contribution is 2.42. The molecule has 9 heteroatoms. The van der Waals surface area contributed by atoms with E-state index in [0.29, 0.717) is 27.8 Å². The normalized spacial score (nSPS) is 12.7. The number of benzene rings is 3. The van der Waals surface area contributed by atoms with Gasteiger partial charge in [-0.15, -0.1) is 0 Å². The fraction of sp³-hybridized carbons (Fsp3) is 0.250. The summed E-state index contributed by atoms with van der Waals surface area (Å²) in [6, 6.07) is 20.9. The second-order valence-electron chi connectivity index (χ2n) is 8.62. The van der Waals surface area contributed by atoms with Gasteiger partial charge in [-0.1, -0.05) is 61.8 Å². The van der Waals surface area contributed by atoms with Crippen molar-refractivity contribution < 1.29 is 22.5 Å². The molecular formula is C28H29ClNO5PS. The predicted molar refractivity (Wildman–Crippen MR) is 150 cm³/mol. The minimum absolute atomic E-state index is 0.0569. The summed E-state index contributed by atoms with van der Waals surface area (Å²) in [5, 5.41) is 2.28. The van der Waals surface area contributed by atoms with Crippen molar-refractivity contribution in [1.82, 2.24) is 3.97 Å². The molecule has 1 heterocycles. The lowest BCUT2D eigenvalue weighted by molar-refractivity contribution is 0.0520. The highest BCUT2D eigenvalue weighted by atomic mass is 35.5. The van der Waals surface area contributed by atoms with Gasteiger partial charge in [0.1, 0.15) is 0 Å². The van der Waals surface area contributed by atoms with Crippen molar-refractivity contribution >= 4 is 57.3 Å². The molecule has 37 heavy (non-hydrogen) atoms. The quantitative estimate of drug-likeness (QED) is 0.180. The molecule has 4 rings (SSSR count). The van der Waals surface area contributed by atoms with Crippen LogP contribution in [0.2, 0.25) is 5.02 Å². The number of hydrogen-bond donors (Lipinski definition) is 0. The molecule has 0 N–H and O–H groups in total. The molecule has 1 unspecified atom stereocenters. The van der Waals surface area contributed by atoms with E-state index in [0.717, 1.165) is 14.8 Å². The first-order valence-corrected chi connectivity index (χ1v) is 15.1. The van der Waals surface area contributed by atoms with Crippen molar-refractivity contribution in [3.8, 4) is 0 Å². The Morgan fingerprint density at radius 2 is 1.70 bits per heavy atom. The lowest BCUT2D eigenvalue weighted by Gasteiger charge is -2.20. The summed E-state index contributed by atoms with van der Waals surface area (Å²) in [6.45, 7) is 8.21. The number of carbonyl (C=O) groups is 1. The van der Waals surface area contributed by atoms with E-state index in [9.17, 15) is 13.2 Å². The lowest BCUT2D eigenvalue weighted by atomic mass is 10.0. The monoisotopic (exact) mass is 557 g/mol. The van der Waals surface area contributed by atoms with Crippen molar-refractivity contribution in [1.29, 1.82) is 0 Å². The van der Waals surface area contributed by atoms with E-state index in [-0.39, 0.29) is 23.1 Å². The van der Waals surface area contributed by atoms with Gasteiger partial charge in [0.05, 0.1) is 25.2 Å². The van der Waals surface area contributed by atoms with Gasteiger partial charge in [-0.05, 0) is 61.7 Å². The number of esters is 1. The summed E-state index contributed by atoms with van der Waals surface area (Å²) in [6.07, 6.45) is 0. The van der Waals surface area contributed by atoms with Gasteiger partial charge in [0.2, 0.25) is 0 Å². The maximum atomic E-state index is 14.0. The molecule has 0 aliphatic carbocycles. The molecule has 0 aliphatic heterocycles. The first kappa shape index (κ1) is 27.3. The zero-order chi connectivity index (χ0) is 26.7. The number of fused-ring (bicyclic) bond motifs is 1. The van der Waals surface area contributed by atoms with Gasteiger partial charge in [-0.3, -0.25) is 0 Å². The van der Waals surface area contributed by atoms with Crippen LogP contribution in [0.5, 0.6) is 0 Å². The summed E-state index contributed by atoms with van der Waals surface area (Å²) < 4.78 is 40.9. The first-order valence-electron chi connectivity index (χ1n) is 12.0. The summed E-state index contributed by atoms with van der Waals surface area (Å²) in [7, 11) is -5.78. The molecule has 0 bridgehead atoms. The molecule has 0 amide bonds. The van der Waals surface area contributed by atoms with Gasteiger partial charge in [-0.25, -0.2) is 17.2 Å². The van der Waals surface area contributed by atoms with E-state index in [4.69, 9.17) is 20.9 Å². The Kier molecular flexibility index (Phi) is 8.39. The number of carbonyl (C=O) groups excluding carboxylic acids is 1. The van der Waals surface area contributed by atoms with Gasteiger partial charge in [-0.2, -0.15) is 0 Å². The van der Waals surface area contributed by atoms with E-state index in [1.54, 1.807) is 43.3 Å². The summed E-state index contributed by atoms with van der Waals surface area (Å²) in [5.41, 5.74) is 1.37. The first-order chi connectivity index (χ1) is 17.7. The molecule has 0 radical (unpaired) electrons. The van der Waals surface area contributed by atoms with Gasteiger partial charge in [0.15, 0.2) is 5.69 Å². The zero-order valence-corrected chi connectivity index (χ0v) is 23.6.